The number of nitrogen functional groups attached to an aromatic ring is 4. The number of hydrogen-bond acceptors (Lipinski definition) is 24. The maximum absolute atomic E-state index is 13.7. The smallest absolute Gasteiger partial charge is 0.744 e. The molecule has 0 aliphatic heterocycles. The third kappa shape index (κ3) is 13.6. The zero-order valence-corrected chi connectivity index (χ0v) is 47.3. The van der Waals surface area contributed by atoms with Gasteiger partial charge >= 0.3 is 88.7 Å². The summed E-state index contributed by atoms with van der Waals surface area (Å²) in [5.74, 6) is -1.95. The van der Waals surface area contributed by atoms with Crippen molar-refractivity contribution in [1.29, 1.82) is 0 Å². The number of Topliss-reactive ketones (excluding diaryl/α,β-unsaturated/α-hetero) is 2. The van der Waals surface area contributed by atoms with Crippen LogP contribution < -0.4 is 128 Å². The molecule has 0 saturated carbocycles. The molecule has 74 heavy (non-hydrogen) atoms. The van der Waals surface area contributed by atoms with Crippen molar-refractivity contribution in [3.05, 3.63) is 147 Å². The van der Waals surface area contributed by atoms with Gasteiger partial charge in [-0.15, -0.1) is 10.2 Å². The molecule has 0 heterocycles. The van der Waals surface area contributed by atoms with Gasteiger partial charge in [0.1, 0.15) is 53.2 Å². The zero-order valence-electron chi connectivity index (χ0n) is 38.8. The second-order valence-corrected chi connectivity index (χ2v) is 19.2. The monoisotopic (exact) mass is 1080 g/mol. The summed E-state index contributed by atoms with van der Waals surface area (Å²) >= 11 is 0. The standard InChI is InChI=1S/C44H35N13O11S3.3Na/c45-24-3-12-35(33(47)17-24)54-51-28-5-1-22-15-39(70(63,64)65)41(43(58)31(22)19-28)56-50-27-9-7-26(8-10-27)49-37-14-11-30(21-38(37)69(60,61)62)53-57-42-40(71(66,67)68)16-23-2-6-29(20-32(23)44(42)59)52-55-36-13-4-25(46)18-34(36)48;;;/h1-21,49-50,53H,45-48H2,(H,60,61,62)(H,63,64,65)(H,66,67,68);;;/q;3*+1/p-3. The van der Waals surface area contributed by atoms with Crippen LogP contribution in [0.5, 0.6) is 0 Å². The van der Waals surface area contributed by atoms with E-state index >= 15 is 0 Å². The third-order valence-electron chi connectivity index (χ3n) is 10.2. The summed E-state index contributed by atoms with van der Waals surface area (Å²) in [5.41, 5.74) is 28.6. The summed E-state index contributed by atoms with van der Waals surface area (Å²) in [6.07, 6.45) is 1.92. The number of nitrogens with two attached hydrogens (primary N) is 4. The summed E-state index contributed by atoms with van der Waals surface area (Å²) in [6, 6.07) is 26.0. The molecule has 0 atom stereocenters. The van der Waals surface area contributed by atoms with Crippen LogP contribution in [-0.4, -0.2) is 61.9 Å². The Labute approximate surface area is 487 Å². The predicted molar refractivity (Wildman–Crippen MR) is 262 cm³/mol. The summed E-state index contributed by atoms with van der Waals surface area (Å²) in [6.45, 7) is 0. The molecule has 0 unspecified atom stereocenters. The number of ketones is 2. The number of hydrazone groups is 2. The summed E-state index contributed by atoms with van der Waals surface area (Å²) in [4.78, 5) is 24.6. The maximum atomic E-state index is 13.7. The topological polar surface area (TPSA) is 420 Å². The first-order chi connectivity index (χ1) is 33.5. The van der Waals surface area contributed by atoms with Crippen molar-refractivity contribution >= 4 is 134 Å². The van der Waals surface area contributed by atoms with E-state index in [0.717, 1.165) is 24.3 Å². The Morgan fingerprint density at radius 3 is 1.28 bits per heavy atom. The second kappa shape index (κ2) is 23.7. The van der Waals surface area contributed by atoms with E-state index in [1.807, 2.05) is 0 Å². The SMILES string of the molecule is Nc1ccc(N=Nc2ccc3c(c2)C(=O)C(=NNc2ccc(Nc4ccc(NN=C5C(=O)c6cc(N=Nc7ccc(N)cc7N)ccc6C=C5S(=O)(=O)[O-])cc4S(=O)(=O)[O-])cc2)C(S(=O)(=O)[O-])=C3)c(N)c1.[Na+].[Na+].[Na+]. The number of carbonyl (C=O) groups excluding carboxylic acids is 2. The molecule has 0 fully saturated rings. The van der Waals surface area contributed by atoms with Crippen molar-refractivity contribution in [2.45, 2.75) is 4.90 Å². The molecule has 24 nitrogen and oxygen atoms in total. The van der Waals surface area contributed by atoms with Gasteiger partial charge in [-0.25, -0.2) is 25.3 Å². The molecule has 360 valence electrons. The molecule has 0 bridgehead atoms. The van der Waals surface area contributed by atoms with Crippen molar-refractivity contribution in [2.75, 3.05) is 39.1 Å². The summed E-state index contributed by atoms with van der Waals surface area (Å²) in [5, 5.41) is 26.9. The van der Waals surface area contributed by atoms with E-state index in [0.29, 0.717) is 17.1 Å². The van der Waals surface area contributed by atoms with Crippen LogP contribution in [0.4, 0.5) is 68.2 Å². The van der Waals surface area contributed by atoms with Crippen molar-refractivity contribution in [1.82, 2.24) is 0 Å². The predicted octanol–water partition coefficient (Wildman–Crippen LogP) is -2.39. The molecule has 0 radical (unpaired) electrons. The first-order valence-electron chi connectivity index (χ1n) is 20.0. The summed E-state index contributed by atoms with van der Waals surface area (Å²) in [7, 11) is -15.8. The molecule has 11 N–H and O–H groups in total. The van der Waals surface area contributed by atoms with E-state index in [-0.39, 0.29) is 162 Å². The van der Waals surface area contributed by atoms with Gasteiger partial charge in [-0.05, 0) is 126 Å². The van der Waals surface area contributed by atoms with Crippen LogP contribution in [0.15, 0.2) is 161 Å². The van der Waals surface area contributed by atoms with Gasteiger partial charge in [-0.2, -0.15) is 20.4 Å². The Morgan fingerprint density at radius 2 is 0.865 bits per heavy atom. The molecule has 8 rings (SSSR count). The Bertz CT molecular complexity index is 3820. The fourth-order valence-electron chi connectivity index (χ4n) is 6.83. The molecule has 0 saturated heterocycles. The van der Waals surface area contributed by atoms with Crippen LogP contribution in [-0.2, 0) is 30.4 Å². The van der Waals surface area contributed by atoms with Crippen molar-refractivity contribution < 1.29 is 137 Å². The first kappa shape index (κ1) is 58.9. The quantitative estimate of drug-likeness (QED) is 0.0208. The molecular weight excluding hydrogens is 1050 g/mol. The van der Waals surface area contributed by atoms with Crippen LogP contribution in [0.2, 0.25) is 0 Å². The number of fused-ring (bicyclic) bond motifs is 2. The van der Waals surface area contributed by atoms with Gasteiger partial charge in [-0.3, -0.25) is 20.4 Å². The molecular formula is C44H32N13Na3O11S3. The Hall–Kier alpha value is -5.99. The van der Waals surface area contributed by atoms with E-state index in [1.165, 1.54) is 91.0 Å². The van der Waals surface area contributed by atoms with Gasteiger partial charge < -0.3 is 41.9 Å². The van der Waals surface area contributed by atoms with E-state index in [9.17, 15) is 48.5 Å². The number of hydrogen-bond donors (Lipinski definition) is 7. The molecule has 6 aromatic carbocycles. The number of allylic oxidation sites excluding steroid dienone is 2. The van der Waals surface area contributed by atoms with Crippen LogP contribution in [0.3, 0.4) is 0 Å². The molecule has 2 aliphatic rings. The van der Waals surface area contributed by atoms with Gasteiger partial charge in [-0.1, -0.05) is 12.1 Å². The van der Waals surface area contributed by atoms with Gasteiger partial charge in [0.2, 0.25) is 11.6 Å². The number of rotatable bonds is 13. The maximum Gasteiger partial charge on any atom is 1.00 e. The van der Waals surface area contributed by atoms with E-state index in [4.69, 9.17) is 22.9 Å². The molecule has 2 aliphatic carbocycles. The van der Waals surface area contributed by atoms with Crippen molar-refractivity contribution in [3.63, 3.8) is 0 Å². The number of azo groups is 2. The Kier molecular flexibility index (Phi) is 18.9. The van der Waals surface area contributed by atoms with Gasteiger partial charge in [0.15, 0.2) is 0 Å². The number of nitrogens with one attached hydrogen (secondary N) is 3. The third-order valence-corrected chi connectivity index (χ3v) is 12.8. The van der Waals surface area contributed by atoms with E-state index in [2.05, 4.69) is 46.8 Å². The molecule has 0 amide bonds. The van der Waals surface area contributed by atoms with Crippen LogP contribution in [0.25, 0.3) is 12.2 Å². The first-order valence-corrected chi connectivity index (χ1v) is 24.3. The minimum absolute atomic E-state index is 0. The Balaban J connectivity index is 0.00000338. The van der Waals surface area contributed by atoms with Crippen molar-refractivity contribution in [3.8, 4) is 0 Å². The van der Waals surface area contributed by atoms with Gasteiger partial charge in [0, 0.05) is 28.2 Å². The molecule has 6 aromatic rings. The molecule has 30 heteroatoms. The van der Waals surface area contributed by atoms with E-state index in [1.54, 1.807) is 12.1 Å². The van der Waals surface area contributed by atoms with Crippen LogP contribution in [0, 0.1) is 0 Å². The number of nitrogens with zero attached hydrogens (tertiary/aromatic N) is 6. The minimum Gasteiger partial charge on any atom is -0.744 e. The second-order valence-electron chi connectivity index (χ2n) is 15.2. The fraction of sp³-hybridized carbons (Fsp3) is 0. The number of anilines is 8. The van der Waals surface area contributed by atoms with Crippen molar-refractivity contribution in [2.24, 2.45) is 30.7 Å². The van der Waals surface area contributed by atoms with Gasteiger partial charge in [0.05, 0.1) is 54.5 Å². The largest absolute Gasteiger partial charge is 1.00 e. The normalized spacial score (nSPS) is 14.5. The van der Waals surface area contributed by atoms with Crippen LogP contribution >= 0.6 is 0 Å². The van der Waals surface area contributed by atoms with Gasteiger partial charge in [0.25, 0.3) is 0 Å². The number of carbonyl (C=O) groups is 2. The van der Waals surface area contributed by atoms with Crippen LogP contribution in [0.1, 0.15) is 31.8 Å². The molecule has 0 spiro atoms. The molecule has 0 aromatic heterocycles. The minimum atomic E-state index is -5.32. The average molecular weight is 1080 g/mol. The fourth-order valence-corrected chi connectivity index (χ4v) is 8.78. The Morgan fingerprint density at radius 1 is 0.446 bits per heavy atom. The number of benzene rings is 6. The van der Waals surface area contributed by atoms with E-state index < -0.39 is 68.0 Å². The average Bonchev–Trinajstić information content (AvgIpc) is 3.30. The zero-order chi connectivity index (χ0) is 51.0. The summed E-state index contributed by atoms with van der Waals surface area (Å²) < 4.78 is 111.